The number of aryl methyl sites for hydroxylation is 1. The van der Waals surface area contributed by atoms with Crippen molar-refractivity contribution in [2.24, 2.45) is 0 Å². The van der Waals surface area contributed by atoms with Crippen LogP contribution in [0.5, 0.6) is 11.5 Å². The van der Waals surface area contributed by atoms with Gasteiger partial charge in [0.15, 0.2) is 0 Å². The molecule has 100 valence electrons. The highest BCUT2D eigenvalue weighted by molar-refractivity contribution is 6.04. The van der Waals surface area contributed by atoms with E-state index in [2.05, 4.69) is 6.92 Å². The number of rotatable bonds is 4. The maximum absolute atomic E-state index is 11.0. The molecule has 2 aromatic rings. The minimum Gasteiger partial charge on any atom is -0.507 e. The van der Waals surface area contributed by atoms with Gasteiger partial charge in [-0.1, -0.05) is 31.5 Å². The van der Waals surface area contributed by atoms with Crippen LogP contribution in [-0.2, 0) is 6.42 Å². The first-order valence-electron chi connectivity index (χ1n) is 6.26. The Balaban J connectivity index is 2.71. The van der Waals surface area contributed by atoms with Crippen LogP contribution < -0.4 is 0 Å². The third kappa shape index (κ3) is 2.34. The number of fused-ring (bicyclic) bond motifs is 1. The van der Waals surface area contributed by atoms with E-state index in [1.54, 1.807) is 12.1 Å². The van der Waals surface area contributed by atoms with E-state index >= 15 is 0 Å². The van der Waals surface area contributed by atoms with Gasteiger partial charge in [-0.15, -0.1) is 0 Å². The quantitative estimate of drug-likeness (QED) is 0.737. The number of carboxylic acids is 1. The Morgan fingerprint density at radius 2 is 2.00 bits per heavy atom. The maximum atomic E-state index is 11.0. The number of aromatic carboxylic acids is 1. The lowest BCUT2D eigenvalue weighted by Gasteiger charge is -2.11. The molecule has 0 saturated heterocycles. The summed E-state index contributed by atoms with van der Waals surface area (Å²) in [5, 5.41) is 29.9. The first-order chi connectivity index (χ1) is 9.06. The number of phenols is 2. The van der Waals surface area contributed by atoms with Crippen molar-refractivity contribution >= 4 is 16.7 Å². The van der Waals surface area contributed by atoms with Gasteiger partial charge in [-0.3, -0.25) is 0 Å². The van der Waals surface area contributed by atoms with Gasteiger partial charge in [-0.05, 0) is 24.5 Å². The van der Waals surface area contributed by atoms with Gasteiger partial charge >= 0.3 is 5.97 Å². The topological polar surface area (TPSA) is 77.8 Å². The third-order valence-corrected chi connectivity index (χ3v) is 3.23. The fourth-order valence-electron chi connectivity index (χ4n) is 2.26. The van der Waals surface area contributed by atoms with Crippen molar-refractivity contribution in [1.82, 2.24) is 0 Å². The SMILES string of the molecule is CCCCc1cccc2c(O)c(C(=O)O)cc(O)c12. The summed E-state index contributed by atoms with van der Waals surface area (Å²) in [5.41, 5.74) is 0.640. The standard InChI is InChI=1S/C15H16O4/c1-2-3-5-9-6-4-7-10-13(9)12(16)8-11(14(10)17)15(18)19/h4,6-8,16-17H,2-3,5H2,1H3,(H,18,19). The smallest absolute Gasteiger partial charge is 0.339 e. The van der Waals surface area contributed by atoms with E-state index in [9.17, 15) is 15.0 Å². The predicted octanol–water partition coefficient (Wildman–Crippen LogP) is 3.29. The lowest BCUT2D eigenvalue weighted by Crippen LogP contribution is -1.98. The number of benzene rings is 2. The summed E-state index contributed by atoms with van der Waals surface area (Å²) in [5.74, 6) is -1.65. The van der Waals surface area contributed by atoms with Crippen molar-refractivity contribution in [2.45, 2.75) is 26.2 Å². The van der Waals surface area contributed by atoms with Crippen LogP contribution >= 0.6 is 0 Å². The lowest BCUT2D eigenvalue weighted by atomic mass is 9.96. The van der Waals surface area contributed by atoms with Gasteiger partial charge in [-0.25, -0.2) is 4.79 Å². The molecule has 0 aliphatic heterocycles. The second kappa shape index (κ2) is 5.18. The molecule has 0 radical (unpaired) electrons. The number of phenolic OH excluding ortho intramolecular Hbond substituents is 1. The second-order valence-corrected chi connectivity index (χ2v) is 4.54. The maximum Gasteiger partial charge on any atom is 0.339 e. The monoisotopic (exact) mass is 260 g/mol. The molecule has 2 aromatic carbocycles. The van der Waals surface area contributed by atoms with Crippen LogP contribution in [0.2, 0.25) is 0 Å². The van der Waals surface area contributed by atoms with E-state index < -0.39 is 5.97 Å². The van der Waals surface area contributed by atoms with Crippen molar-refractivity contribution in [2.75, 3.05) is 0 Å². The molecule has 4 nitrogen and oxygen atoms in total. The summed E-state index contributed by atoms with van der Waals surface area (Å²) in [4.78, 5) is 11.0. The fourth-order valence-corrected chi connectivity index (χ4v) is 2.26. The first-order valence-corrected chi connectivity index (χ1v) is 6.26. The predicted molar refractivity (Wildman–Crippen MR) is 72.8 cm³/mol. The molecule has 0 heterocycles. The van der Waals surface area contributed by atoms with Crippen LogP contribution in [0.3, 0.4) is 0 Å². The molecule has 4 heteroatoms. The van der Waals surface area contributed by atoms with Crippen molar-refractivity contribution in [3.63, 3.8) is 0 Å². The summed E-state index contributed by atoms with van der Waals surface area (Å²) < 4.78 is 0. The van der Waals surface area contributed by atoms with Crippen LogP contribution in [0.1, 0.15) is 35.7 Å². The Morgan fingerprint density at radius 1 is 1.26 bits per heavy atom. The second-order valence-electron chi connectivity index (χ2n) is 4.54. The fraction of sp³-hybridized carbons (Fsp3) is 0.267. The van der Waals surface area contributed by atoms with Crippen molar-refractivity contribution in [3.8, 4) is 11.5 Å². The highest BCUT2D eigenvalue weighted by Crippen LogP contribution is 2.37. The molecule has 0 unspecified atom stereocenters. The Kier molecular flexibility index (Phi) is 3.60. The molecule has 19 heavy (non-hydrogen) atoms. The molecule has 0 amide bonds. The molecule has 0 aliphatic carbocycles. The normalized spacial score (nSPS) is 10.8. The molecule has 0 atom stereocenters. The van der Waals surface area contributed by atoms with Crippen molar-refractivity contribution < 1.29 is 20.1 Å². The molecule has 0 saturated carbocycles. The lowest BCUT2D eigenvalue weighted by molar-refractivity contribution is 0.0693. The van der Waals surface area contributed by atoms with Crippen LogP contribution in [-0.4, -0.2) is 21.3 Å². The highest BCUT2D eigenvalue weighted by atomic mass is 16.4. The molecule has 0 fully saturated rings. The third-order valence-electron chi connectivity index (χ3n) is 3.23. The Morgan fingerprint density at radius 3 is 2.63 bits per heavy atom. The van der Waals surface area contributed by atoms with Gasteiger partial charge in [-0.2, -0.15) is 0 Å². The molecular formula is C15H16O4. The number of hydrogen-bond donors (Lipinski definition) is 3. The van der Waals surface area contributed by atoms with E-state index in [4.69, 9.17) is 5.11 Å². The average Bonchev–Trinajstić information content (AvgIpc) is 2.39. The van der Waals surface area contributed by atoms with Crippen LogP contribution in [0, 0.1) is 0 Å². The first kappa shape index (κ1) is 13.2. The molecular weight excluding hydrogens is 244 g/mol. The average molecular weight is 260 g/mol. The van der Waals surface area contributed by atoms with Gasteiger partial charge in [0.1, 0.15) is 17.1 Å². The number of hydrogen-bond acceptors (Lipinski definition) is 3. The van der Waals surface area contributed by atoms with Crippen molar-refractivity contribution in [3.05, 3.63) is 35.4 Å². The highest BCUT2D eigenvalue weighted by Gasteiger charge is 2.17. The van der Waals surface area contributed by atoms with Crippen LogP contribution in [0.15, 0.2) is 24.3 Å². The van der Waals surface area contributed by atoms with Gasteiger partial charge in [0, 0.05) is 10.8 Å². The zero-order valence-corrected chi connectivity index (χ0v) is 10.7. The summed E-state index contributed by atoms with van der Waals surface area (Å²) in [6, 6.07) is 6.37. The molecule has 2 rings (SSSR count). The Hall–Kier alpha value is -2.23. The summed E-state index contributed by atoms with van der Waals surface area (Å²) in [7, 11) is 0. The zero-order chi connectivity index (χ0) is 14.0. The van der Waals surface area contributed by atoms with Crippen LogP contribution in [0.25, 0.3) is 10.8 Å². The molecule has 3 N–H and O–H groups in total. The molecule has 0 bridgehead atoms. The minimum absolute atomic E-state index is 0.100. The van der Waals surface area contributed by atoms with Gasteiger partial charge in [0.2, 0.25) is 0 Å². The summed E-state index contributed by atoms with van der Waals surface area (Å²) in [6.45, 7) is 2.07. The largest absolute Gasteiger partial charge is 0.507 e. The zero-order valence-electron chi connectivity index (χ0n) is 10.7. The molecule has 0 aliphatic rings. The van der Waals surface area contributed by atoms with Crippen molar-refractivity contribution in [1.29, 1.82) is 0 Å². The molecule has 0 spiro atoms. The van der Waals surface area contributed by atoms with E-state index in [-0.39, 0.29) is 17.1 Å². The van der Waals surface area contributed by atoms with E-state index in [0.29, 0.717) is 10.8 Å². The Bertz CT molecular complexity index is 632. The van der Waals surface area contributed by atoms with Gasteiger partial charge in [0.25, 0.3) is 0 Å². The number of unbranched alkanes of at least 4 members (excludes halogenated alkanes) is 1. The van der Waals surface area contributed by atoms with Gasteiger partial charge in [0.05, 0.1) is 0 Å². The Labute approximate surface area is 110 Å². The summed E-state index contributed by atoms with van der Waals surface area (Å²) in [6.07, 6.45) is 2.78. The minimum atomic E-state index is -1.26. The number of aromatic hydroxyl groups is 2. The van der Waals surface area contributed by atoms with E-state index in [1.807, 2.05) is 6.07 Å². The van der Waals surface area contributed by atoms with Crippen LogP contribution in [0.4, 0.5) is 0 Å². The van der Waals surface area contributed by atoms with E-state index in [0.717, 1.165) is 30.9 Å². The number of carboxylic acid groups (broad SMARTS) is 1. The van der Waals surface area contributed by atoms with Gasteiger partial charge < -0.3 is 15.3 Å². The number of carbonyl (C=O) groups is 1. The summed E-state index contributed by atoms with van der Waals surface area (Å²) >= 11 is 0. The van der Waals surface area contributed by atoms with E-state index in [1.165, 1.54) is 0 Å². The molecule has 0 aromatic heterocycles.